The monoisotopic (exact) mass is 423 g/mol. The van der Waals surface area contributed by atoms with Crippen LogP contribution in [0.25, 0.3) is 0 Å². The Morgan fingerprint density at radius 3 is 2.39 bits per heavy atom. The standard InChI is InChI=1S/C19H16F3N3OS2/c20-19(21,22)15-9-6-14(7-10-15)12-27-18-25-24-17(28-18)23-16(26)11-8-13-4-2-1-3-5-13/h1-7,9-10H,8,11-12H2,(H,23,24,26). The Balaban J connectivity index is 1.46. The maximum absolute atomic E-state index is 12.6. The van der Waals surface area contributed by atoms with Crippen LogP contribution in [-0.2, 0) is 23.1 Å². The second-order valence-electron chi connectivity index (χ2n) is 5.89. The molecule has 0 aliphatic rings. The molecule has 0 unspecified atom stereocenters. The fourth-order valence-electron chi connectivity index (χ4n) is 2.34. The lowest BCUT2D eigenvalue weighted by Gasteiger charge is -2.06. The topological polar surface area (TPSA) is 54.9 Å². The van der Waals surface area contributed by atoms with Gasteiger partial charge in [0.05, 0.1) is 5.56 Å². The highest BCUT2D eigenvalue weighted by Crippen LogP contribution is 2.31. The van der Waals surface area contributed by atoms with Crippen molar-refractivity contribution < 1.29 is 18.0 Å². The molecule has 0 spiro atoms. The van der Waals surface area contributed by atoms with Crippen LogP contribution in [0.15, 0.2) is 58.9 Å². The second-order valence-corrected chi connectivity index (χ2v) is 8.09. The average Bonchev–Trinajstić information content (AvgIpc) is 3.12. The van der Waals surface area contributed by atoms with E-state index in [0.717, 1.165) is 23.3 Å². The molecule has 0 aliphatic carbocycles. The van der Waals surface area contributed by atoms with Crippen LogP contribution < -0.4 is 5.32 Å². The molecule has 0 bridgehead atoms. The van der Waals surface area contributed by atoms with Gasteiger partial charge in [-0.25, -0.2) is 0 Å². The van der Waals surface area contributed by atoms with Gasteiger partial charge in [0.1, 0.15) is 0 Å². The molecule has 0 aliphatic heterocycles. The third-order valence-electron chi connectivity index (χ3n) is 3.78. The van der Waals surface area contributed by atoms with Crippen LogP contribution in [0, 0.1) is 0 Å². The zero-order valence-corrected chi connectivity index (χ0v) is 16.2. The summed E-state index contributed by atoms with van der Waals surface area (Å²) in [5.41, 5.74) is 1.17. The van der Waals surface area contributed by atoms with E-state index >= 15 is 0 Å². The van der Waals surface area contributed by atoms with Gasteiger partial charge in [-0.3, -0.25) is 4.79 Å². The number of thioether (sulfide) groups is 1. The Bertz CT molecular complexity index is 912. The number of amides is 1. The first-order chi connectivity index (χ1) is 13.4. The number of nitrogens with one attached hydrogen (secondary N) is 1. The van der Waals surface area contributed by atoms with E-state index in [1.807, 2.05) is 30.3 Å². The molecular weight excluding hydrogens is 407 g/mol. The van der Waals surface area contributed by atoms with Crippen LogP contribution in [-0.4, -0.2) is 16.1 Å². The summed E-state index contributed by atoms with van der Waals surface area (Å²) in [5, 5.41) is 11.1. The van der Waals surface area contributed by atoms with Crippen LogP contribution in [0.5, 0.6) is 0 Å². The van der Waals surface area contributed by atoms with E-state index in [1.165, 1.54) is 35.2 Å². The number of anilines is 1. The van der Waals surface area contributed by atoms with Gasteiger partial charge in [0.2, 0.25) is 11.0 Å². The SMILES string of the molecule is O=C(CCc1ccccc1)Nc1nnc(SCc2ccc(C(F)(F)F)cc2)s1. The summed E-state index contributed by atoms with van der Waals surface area (Å²) >= 11 is 2.60. The second kappa shape index (κ2) is 9.20. The minimum atomic E-state index is -4.33. The lowest BCUT2D eigenvalue weighted by atomic mass is 10.1. The number of rotatable bonds is 7. The van der Waals surface area contributed by atoms with E-state index in [4.69, 9.17) is 0 Å². The molecule has 3 rings (SSSR count). The first kappa shape index (κ1) is 20.3. The maximum atomic E-state index is 12.6. The van der Waals surface area contributed by atoms with Crippen molar-refractivity contribution >= 4 is 34.1 Å². The Hall–Kier alpha value is -2.39. The van der Waals surface area contributed by atoms with Crippen molar-refractivity contribution in [1.82, 2.24) is 10.2 Å². The normalized spacial score (nSPS) is 11.4. The Morgan fingerprint density at radius 2 is 1.71 bits per heavy atom. The van der Waals surface area contributed by atoms with Crippen LogP contribution in [0.2, 0.25) is 0 Å². The highest BCUT2D eigenvalue weighted by Gasteiger charge is 2.29. The van der Waals surface area contributed by atoms with E-state index < -0.39 is 11.7 Å². The number of nitrogens with zero attached hydrogens (tertiary/aromatic N) is 2. The van der Waals surface area contributed by atoms with Crippen molar-refractivity contribution in [3.8, 4) is 0 Å². The van der Waals surface area contributed by atoms with Crippen molar-refractivity contribution in [2.24, 2.45) is 0 Å². The Kier molecular flexibility index (Phi) is 6.69. The molecule has 0 saturated carbocycles. The largest absolute Gasteiger partial charge is 0.416 e. The van der Waals surface area contributed by atoms with Crippen molar-refractivity contribution in [2.75, 3.05) is 5.32 Å². The van der Waals surface area contributed by atoms with E-state index in [2.05, 4.69) is 15.5 Å². The molecule has 1 N–H and O–H groups in total. The molecule has 28 heavy (non-hydrogen) atoms. The molecule has 4 nitrogen and oxygen atoms in total. The number of aryl methyl sites for hydroxylation is 1. The maximum Gasteiger partial charge on any atom is 0.416 e. The predicted molar refractivity (Wildman–Crippen MR) is 104 cm³/mol. The fourth-order valence-corrected chi connectivity index (χ4v) is 4.06. The van der Waals surface area contributed by atoms with Crippen molar-refractivity contribution in [3.63, 3.8) is 0 Å². The quantitative estimate of drug-likeness (QED) is 0.407. The summed E-state index contributed by atoms with van der Waals surface area (Å²) in [6, 6.07) is 14.7. The van der Waals surface area contributed by atoms with Gasteiger partial charge in [0.25, 0.3) is 0 Å². The van der Waals surface area contributed by atoms with Crippen LogP contribution in [0.3, 0.4) is 0 Å². The molecule has 1 heterocycles. The van der Waals surface area contributed by atoms with Crippen LogP contribution >= 0.6 is 23.1 Å². The molecule has 0 saturated heterocycles. The van der Waals surface area contributed by atoms with Crippen molar-refractivity contribution in [2.45, 2.75) is 29.1 Å². The zero-order chi connectivity index (χ0) is 20.0. The highest BCUT2D eigenvalue weighted by atomic mass is 32.2. The molecule has 146 valence electrons. The minimum Gasteiger partial charge on any atom is -0.300 e. The van der Waals surface area contributed by atoms with Crippen LogP contribution in [0.4, 0.5) is 18.3 Å². The summed E-state index contributed by atoms with van der Waals surface area (Å²) in [5.74, 6) is 0.327. The van der Waals surface area contributed by atoms with Gasteiger partial charge in [0, 0.05) is 12.2 Å². The minimum absolute atomic E-state index is 0.140. The van der Waals surface area contributed by atoms with Crippen molar-refractivity contribution in [3.05, 3.63) is 71.3 Å². The van der Waals surface area contributed by atoms with Gasteiger partial charge in [-0.15, -0.1) is 10.2 Å². The number of carbonyl (C=O) groups is 1. The lowest BCUT2D eigenvalue weighted by molar-refractivity contribution is -0.137. The van der Waals surface area contributed by atoms with E-state index in [1.54, 1.807) is 0 Å². The molecule has 0 atom stereocenters. The number of benzene rings is 2. The van der Waals surface area contributed by atoms with Gasteiger partial charge in [-0.2, -0.15) is 13.2 Å². The molecular formula is C19H16F3N3OS2. The number of alkyl halides is 3. The van der Waals surface area contributed by atoms with Gasteiger partial charge < -0.3 is 5.32 Å². The highest BCUT2D eigenvalue weighted by molar-refractivity contribution is 8.00. The van der Waals surface area contributed by atoms with E-state index in [0.29, 0.717) is 28.1 Å². The number of aromatic nitrogens is 2. The first-order valence-electron chi connectivity index (χ1n) is 8.36. The summed E-state index contributed by atoms with van der Waals surface area (Å²) in [4.78, 5) is 12.0. The Labute approximate surface area is 168 Å². The third kappa shape index (κ3) is 6.07. The Morgan fingerprint density at radius 1 is 1.00 bits per heavy atom. The molecule has 2 aromatic carbocycles. The molecule has 1 aromatic heterocycles. The van der Waals surface area contributed by atoms with Gasteiger partial charge in [-0.1, -0.05) is 65.6 Å². The number of carbonyl (C=O) groups excluding carboxylic acids is 1. The molecule has 9 heteroatoms. The summed E-state index contributed by atoms with van der Waals surface area (Å²) in [6.45, 7) is 0. The summed E-state index contributed by atoms with van der Waals surface area (Å²) < 4.78 is 38.4. The average molecular weight is 423 g/mol. The number of hydrogen-bond acceptors (Lipinski definition) is 5. The molecule has 3 aromatic rings. The molecule has 1 amide bonds. The first-order valence-corrected chi connectivity index (χ1v) is 10.2. The van der Waals surface area contributed by atoms with E-state index in [9.17, 15) is 18.0 Å². The fraction of sp³-hybridized carbons (Fsp3) is 0.211. The smallest absolute Gasteiger partial charge is 0.300 e. The zero-order valence-electron chi connectivity index (χ0n) is 14.6. The number of halogens is 3. The summed E-state index contributed by atoms with van der Waals surface area (Å²) in [6.07, 6.45) is -3.35. The molecule has 0 radical (unpaired) electrons. The van der Waals surface area contributed by atoms with Crippen LogP contribution in [0.1, 0.15) is 23.1 Å². The third-order valence-corrected chi connectivity index (χ3v) is 5.82. The molecule has 0 fully saturated rings. The van der Waals surface area contributed by atoms with Gasteiger partial charge in [-0.05, 0) is 29.7 Å². The lowest BCUT2D eigenvalue weighted by Crippen LogP contribution is -2.12. The van der Waals surface area contributed by atoms with Crippen molar-refractivity contribution in [1.29, 1.82) is 0 Å². The number of hydrogen-bond donors (Lipinski definition) is 1. The van der Waals surface area contributed by atoms with E-state index in [-0.39, 0.29) is 5.91 Å². The summed E-state index contributed by atoms with van der Waals surface area (Å²) in [7, 11) is 0. The van der Waals surface area contributed by atoms with Gasteiger partial charge >= 0.3 is 6.18 Å². The predicted octanol–water partition coefficient (Wildman–Crippen LogP) is 5.42. The van der Waals surface area contributed by atoms with Gasteiger partial charge in [0.15, 0.2) is 4.34 Å².